The summed E-state index contributed by atoms with van der Waals surface area (Å²) < 4.78 is 38.0. The van der Waals surface area contributed by atoms with Crippen LogP contribution in [-0.4, -0.2) is 5.91 Å². The molecular weight excluding hydrogens is 331 g/mol. The number of nitriles is 1. The summed E-state index contributed by atoms with van der Waals surface area (Å²) in [7, 11) is 0. The fraction of sp³-hybridized carbons (Fsp3) is 0.111. The van der Waals surface area contributed by atoms with Crippen molar-refractivity contribution in [2.24, 2.45) is 0 Å². The SMILES string of the molecule is N#C/C(=C/Nc1cccc(C(F)(F)F)c1)C(=O)NCc1ccccc1. The molecule has 0 bridgehead atoms. The van der Waals surface area contributed by atoms with Crippen molar-refractivity contribution in [1.82, 2.24) is 5.32 Å². The predicted molar refractivity (Wildman–Crippen MR) is 87.1 cm³/mol. The number of alkyl halides is 3. The van der Waals surface area contributed by atoms with Gasteiger partial charge in [-0.2, -0.15) is 18.4 Å². The number of amides is 1. The van der Waals surface area contributed by atoms with Gasteiger partial charge in [-0.25, -0.2) is 0 Å². The third-order valence-electron chi connectivity index (χ3n) is 3.23. The lowest BCUT2D eigenvalue weighted by molar-refractivity contribution is -0.137. The molecule has 4 nitrogen and oxygen atoms in total. The van der Waals surface area contributed by atoms with Crippen LogP contribution in [-0.2, 0) is 17.5 Å². The van der Waals surface area contributed by atoms with Gasteiger partial charge in [-0.05, 0) is 23.8 Å². The Hall–Kier alpha value is -3.27. The highest BCUT2D eigenvalue weighted by molar-refractivity contribution is 5.97. The first-order valence-corrected chi connectivity index (χ1v) is 7.26. The minimum absolute atomic E-state index is 0.124. The average molecular weight is 345 g/mol. The molecule has 0 aliphatic rings. The van der Waals surface area contributed by atoms with E-state index in [1.165, 1.54) is 12.1 Å². The number of carbonyl (C=O) groups excluding carboxylic acids is 1. The molecule has 2 aromatic rings. The Balaban J connectivity index is 2.02. The van der Waals surface area contributed by atoms with Gasteiger partial charge >= 0.3 is 6.18 Å². The second-order valence-corrected chi connectivity index (χ2v) is 5.06. The van der Waals surface area contributed by atoms with Crippen LogP contribution < -0.4 is 10.6 Å². The number of benzene rings is 2. The van der Waals surface area contributed by atoms with Gasteiger partial charge in [-0.1, -0.05) is 36.4 Å². The molecule has 7 heteroatoms. The molecule has 25 heavy (non-hydrogen) atoms. The molecule has 0 aliphatic heterocycles. The Morgan fingerprint density at radius 1 is 1.12 bits per heavy atom. The minimum Gasteiger partial charge on any atom is -0.360 e. The van der Waals surface area contributed by atoms with Crippen LogP contribution in [0.4, 0.5) is 18.9 Å². The van der Waals surface area contributed by atoms with Crippen molar-refractivity contribution in [2.45, 2.75) is 12.7 Å². The topological polar surface area (TPSA) is 64.9 Å². The van der Waals surface area contributed by atoms with E-state index in [9.17, 15) is 18.0 Å². The number of hydrogen-bond donors (Lipinski definition) is 2. The fourth-order valence-electron chi connectivity index (χ4n) is 1.96. The zero-order chi connectivity index (χ0) is 18.3. The van der Waals surface area contributed by atoms with E-state index in [1.54, 1.807) is 6.07 Å². The zero-order valence-corrected chi connectivity index (χ0v) is 13.0. The van der Waals surface area contributed by atoms with Gasteiger partial charge in [0.2, 0.25) is 0 Å². The van der Waals surface area contributed by atoms with Crippen LogP contribution in [0.15, 0.2) is 66.4 Å². The first-order valence-electron chi connectivity index (χ1n) is 7.26. The Bertz CT molecular complexity index is 808. The van der Waals surface area contributed by atoms with Crippen LogP contribution in [0.2, 0.25) is 0 Å². The summed E-state index contributed by atoms with van der Waals surface area (Å²) in [6, 6.07) is 15.3. The number of rotatable bonds is 5. The van der Waals surface area contributed by atoms with Crippen molar-refractivity contribution in [3.8, 4) is 6.07 Å². The predicted octanol–water partition coefficient (Wildman–Crippen LogP) is 3.84. The van der Waals surface area contributed by atoms with Crippen molar-refractivity contribution in [2.75, 3.05) is 5.32 Å². The average Bonchev–Trinajstić information content (AvgIpc) is 2.61. The molecule has 128 valence electrons. The number of hydrogen-bond acceptors (Lipinski definition) is 3. The number of nitrogens with one attached hydrogen (secondary N) is 2. The maximum atomic E-state index is 12.7. The second kappa shape index (κ2) is 8.02. The number of carbonyl (C=O) groups is 1. The Morgan fingerprint density at radius 2 is 1.84 bits per heavy atom. The quantitative estimate of drug-likeness (QED) is 0.639. The van der Waals surface area contributed by atoms with Gasteiger partial charge in [-0.3, -0.25) is 4.79 Å². The highest BCUT2D eigenvalue weighted by atomic mass is 19.4. The van der Waals surface area contributed by atoms with Gasteiger partial charge in [0.1, 0.15) is 11.6 Å². The standard InChI is InChI=1S/C18H14F3N3O/c19-18(20,21)15-7-4-8-16(9-15)23-12-14(10-22)17(25)24-11-13-5-2-1-3-6-13/h1-9,12,23H,11H2,(H,24,25)/b14-12-. The molecule has 0 fully saturated rings. The van der Waals surface area contributed by atoms with Crippen molar-refractivity contribution < 1.29 is 18.0 Å². The number of halogens is 3. The molecular formula is C18H14F3N3O. The molecule has 0 unspecified atom stereocenters. The van der Waals surface area contributed by atoms with Gasteiger partial charge in [0, 0.05) is 18.4 Å². The van der Waals surface area contributed by atoms with E-state index in [-0.39, 0.29) is 17.8 Å². The van der Waals surface area contributed by atoms with Crippen LogP contribution in [0.25, 0.3) is 0 Å². The van der Waals surface area contributed by atoms with Gasteiger partial charge in [0.05, 0.1) is 5.56 Å². The Morgan fingerprint density at radius 3 is 2.48 bits per heavy atom. The Labute approximate surface area is 142 Å². The minimum atomic E-state index is -4.47. The van der Waals surface area contributed by atoms with Crippen molar-refractivity contribution in [1.29, 1.82) is 5.26 Å². The van der Waals surface area contributed by atoms with E-state index < -0.39 is 17.6 Å². The van der Waals surface area contributed by atoms with E-state index in [2.05, 4.69) is 10.6 Å². The largest absolute Gasteiger partial charge is 0.416 e. The van der Waals surface area contributed by atoms with Gasteiger partial charge in [0.15, 0.2) is 0 Å². The van der Waals surface area contributed by atoms with Crippen LogP contribution in [0.5, 0.6) is 0 Å². The molecule has 1 amide bonds. The zero-order valence-electron chi connectivity index (χ0n) is 13.0. The monoisotopic (exact) mass is 345 g/mol. The van der Waals surface area contributed by atoms with Crippen LogP contribution in [0, 0.1) is 11.3 Å². The van der Waals surface area contributed by atoms with Crippen molar-refractivity contribution in [3.63, 3.8) is 0 Å². The third kappa shape index (κ3) is 5.39. The first-order chi connectivity index (χ1) is 11.9. The van der Waals surface area contributed by atoms with Crippen molar-refractivity contribution >= 4 is 11.6 Å². The van der Waals surface area contributed by atoms with E-state index >= 15 is 0 Å². The van der Waals surface area contributed by atoms with E-state index in [0.717, 1.165) is 23.9 Å². The van der Waals surface area contributed by atoms with Gasteiger partial charge in [0.25, 0.3) is 5.91 Å². The summed E-state index contributed by atoms with van der Waals surface area (Å²) in [6.07, 6.45) is -3.39. The first kappa shape index (κ1) is 18.1. The third-order valence-corrected chi connectivity index (χ3v) is 3.23. The molecule has 0 aliphatic carbocycles. The molecule has 0 radical (unpaired) electrons. The molecule has 0 atom stereocenters. The van der Waals surface area contributed by atoms with Crippen LogP contribution in [0.3, 0.4) is 0 Å². The lowest BCUT2D eigenvalue weighted by Gasteiger charge is -2.09. The summed E-state index contributed by atoms with van der Waals surface area (Å²) in [5.41, 5.74) is -0.0799. The summed E-state index contributed by atoms with van der Waals surface area (Å²) in [4.78, 5) is 12.0. The summed E-state index contributed by atoms with van der Waals surface area (Å²) in [5, 5.41) is 14.2. The second-order valence-electron chi connectivity index (χ2n) is 5.06. The smallest absolute Gasteiger partial charge is 0.360 e. The molecule has 0 spiro atoms. The Kier molecular flexibility index (Phi) is 5.79. The summed E-state index contributed by atoms with van der Waals surface area (Å²) >= 11 is 0. The lowest BCUT2D eigenvalue weighted by atomic mass is 10.2. The lowest BCUT2D eigenvalue weighted by Crippen LogP contribution is -2.24. The highest BCUT2D eigenvalue weighted by Crippen LogP contribution is 2.30. The molecule has 0 saturated carbocycles. The molecule has 2 rings (SSSR count). The molecule has 0 aromatic heterocycles. The maximum Gasteiger partial charge on any atom is 0.416 e. The highest BCUT2D eigenvalue weighted by Gasteiger charge is 2.30. The van der Waals surface area contributed by atoms with E-state index in [1.807, 2.05) is 30.3 Å². The molecule has 2 N–H and O–H groups in total. The number of nitrogens with zero attached hydrogens (tertiary/aromatic N) is 1. The van der Waals surface area contributed by atoms with Crippen LogP contribution >= 0.6 is 0 Å². The summed E-state index contributed by atoms with van der Waals surface area (Å²) in [5.74, 6) is -0.620. The van der Waals surface area contributed by atoms with Crippen molar-refractivity contribution in [3.05, 3.63) is 77.5 Å². The van der Waals surface area contributed by atoms with E-state index in [0.29, 0.717) is 0 Å². The molecule has 2 aromatic carbocycles. The molecule has 0 saturated heterocycles. The van der Waals surface area contributed by atoms with E-state index in [4.69, 9.17) is 5.26 Å². The van der Waals surface area contributed by atoms with Gasteiger partial charge < -0.3 is 10.6 Å². The fourth-order valence-corrected chi connectivity index (χ4v) is 1.96. The summed E-state index contributed by atoms with van der Waals surface area (Å²) in [6.45, 7) is 0.238. The number of anilines is 1. The van der Waals surface area contributed by atoms with Crippen LogP contribution in [0.1, 0.15) is 11.1 Å². The normalized spacial score (nSPS) is 11.5. The van der Waals surface area contributed by atoms with Gasteiger partial charge in [-0.15, -0.1) is 0 Å². The molecule has 0 heterocycles. The maximum absolute atomic E-state index is 12.7.